The van der Waals surface area contributed by atoms with Crippen LogP contribution in [-0.4, -0.2) is 55.7 Å². The lowest BCUT2D eigenvalue weighted by molar-refractivity contribution is -0.128. The molecule has 0 bridgehead atoms. The summed E-state index contributed by atoms with van der Waals surface area (Å²) in [6.45, 7) is 3.36. The number of rotatable bonds is 4. The Kier molecular flexibility index (Phi) is 4.81. The summed E-state index contributed by atoms with van der Waals surface area (Å²) in [5.41, 5.74) is 5.71. The van der Waals surface area contributed by atoms with Gasteiger partial charge in [-0.05, 0) is 25.7 Å². The number of amides is 1. The first-order valence-electron chi connectivity index (χ1n) is 6.69. The van der Waals surface area contributed by atoms with E-state index in [1.54, 1.807) is 0 Å². The van der Waals surface area contributed by atoms with Crippen LogP contribution < -0.4 is 11.1 Å². The van der Waals surface area contributed by atoms with Crippen molar-refractivity contribution in [2.45, 2.75) is 31.8 Å². The molecule has 2 heterocycles. The van der Waals surface area contributed by atoms with E-state index in [-0.39, 0.29) is 18.6 Å². The van der Waals surface area contributed by atoms with Crippen LogP contribution in [0.3, 0.4) is 0 Å². The third-order valence-electron chi connectivity index (χ3n) is 3.38. The Morgan fingerprint density at radius 3 is 2.83 bits per heavy atom. The Labute approximate surface area is 108 Å². The largest absolute Gasteiger partial charge is 0.376 e. The van der Waals surface area contributed by atoms with Gasteiger partial charge in [0.05, 0.1) is 6.10 Å². The fraction of sp³-hybridized carbons (Fsp3) is 0.833. The van der Waals surface area contributed by atoms with Crippen molar-refractivity contribution < 1.29 is 9.53 Å². The van der Waals surface area contributed by atoms with Gasteiger partial charge in [-0.25, -0.2) is 4.99 Å². The molecule has 6 nitrogen and oxygen atoms in total. The van der Waals surface area contributed by atoms with Crippen LogP contribution in [0.1, 0.15) is 25.7 Å². The predicted octanol–water partition coefficient (Wildman–Crippen LogP) is -0.308. The van der Waals surface area contributed by atoms with Crippen molar-refractivity contribution in [3.63, 3.8) is 0 Å². The highest BCUT2D eigenvalue weighted by Gasteiger charge is 2.17. The minimum atomic E-state index is 0.0642. The van der Waals surface area contributed by atoms with E-state index in [0.717, 1.165) is 45.4 Å². The molecule has 2 saturated heterocycles. The molecule has 6 heteroatoms. The second kappa shape index (κ2) is 6.58. The number of ether oxygens (including phenoxy) is 1. The van der Waals surface area contributed by atoms with Gasteiger partial charge in [-0.2, -0.15) is 0 Å². The van der Waals surface area contributed by atoms with Crippen molar-refractivity contribution in [2.75, 3.05) is 32.8 Å². The van der Waals surface area contributed by atoms with Crippen LogP contribution in [0, 0.1) is 0 Å². The number of nitrogens with one attached hydrogen (secondary N) is 1. The van der Waals surface area contributed by atoms with Gasteiger partial charge >= 0.3 is 0 Å². The summed E-state index contributed by atoms with van der Waals surface area (Å²) in [7, 11) is 0. The first-order chi connectivity index (χ1) is 8.75. The minimum Gasteiger partial charge on any atom is -0.376 e. The third-order valence-corrected chi connectivity index (χ3v) is 3.38. The number of carbonyl (C=O) groups is 1. The molecule has 3 N–H and O–H groups in total. The van der Waals surface area contributed by atoms with Crippen molar-refractivity contribution in [3.8, 4) is 0 Å². The molecule has 2 aliphatic heterocycles. The molecule has 1 atom stereocenters. The van der Waals surface area contributed by atoms with Crippen LogP contribution in [0.15, 0.2) is 4.99 Å². The average molecular weight is 254 g/mol. The zero-order valence-corrected chi connectivity index (χ0v) is 10.7. The van der Waals surface area contributed by atoms with Gasteiger partial charge < -0.3 is 20.7 Å². The van der Waals surface area contributed by atoms with Crippen LogP contribution in [-0.2, 0) is 9.53 Å². The van der Waals surface area contributed by atoms with Gasteiger partial charge in [0.1, 0.15) is 6.54 Å². The molecule has 2 fully saturated rings. The van der Waals surface area contributed by atoms with Crippen molar-refractivity contribution >= 4 is 11.9 Å². The molecule has 0 saturated carbocycles. The van der Waals surface area contributed by atoms with Gasteiger partial charge in [-0.15, -0.1) is 0 Å². The van der Waals surface area contributed by atoms with E-state index in [1.807, 2.05) is 4.90 Å². The summed E-state index contributed by atoms with van der Waals surface area (Å²) in [4.78, 5) is 17.6. The number of likely N-dealkylation sites (tertiary alicyclic amines) is 1. The zero-order chi connectivity index (χ0) is 12.8. The molecule has 0 aromatic heterocycles. The topological polar surface area (TPSA) is 80.0 Å². The second-order valence-electron chi connectivity index (χ2n) is 4.81. The number of hydrogen-bond acceptors (Lipinski definition) is 3. The lowest BCUT2D eigenvalue weighted by Crippen LogP contribution is -2.38. The molecule has 102 valence electrons. The molecule has 0 aromatic rings. The van der Waals surface area contributed by atoms with Crippen molar-refractivity contribution in [1.82, 2.24) is 10.2 Å². The Balaban J connectivity index is 1.65. The van der Waals surface area contributed by atoms with Gasteiger partial charge in [0.25, 0.3) is 0 Å². The SMILES string of the molecule is NC(=NCC(=O)N1CCCC1)NC[C@H]1CCCO1. The molecule has 0 aliphatic carbocycles. The Hall–Kier alpha value is -1.30. The fourth-order valence-electron chi connectivity index (χ4n) is 2.30. The number of hydrogen-bond donors (Lipinski definition) is 2. The van der Waals surface area contributed by atoms with E-state index in [2.05, 4.69) is 10.3 Å². The molecule has 1 amide bonds. The highest BCUT2D eigenvalue weighted by molar-refractivity contribution is 5.84. The van der Waals surface area contributed by atoms with Gasteiger partial charge in [-0.1, -0.05) is 0 Å². The average Bonchev–Trinajstić information content (AvgIpc) is 3.05. The normalized spacial score (nSPS) is 24.6. The van der Waals surface area contributed by atoms with E-state index < -0.39 is 0 Å². The smallest absolute Gasteiger partial charge is 0.244 e. The zero-order valence-electron chi connectivity index (χ0n) is 10.7. The Morgan fingerprint density at radius 2 is 2.17 bits per heavy atom. The molecule has 0 aromatic carbocycles. The van der Waals surface area contributed by atoms with E-state index in [9.17, 15) is 4.79 Å². The summed E-state index contributed by atoms with van der Waals surface area (Å²) in [5.74, 6) is 0.396. The summed E-state index contributed by atoms with van der Waals surface area (Å²) in [6.07, 6.45) is 4.60. The van der Waals surface area contributed by atoms with Crippen LogP contribution in [0.4, 0.5) is 0 Å². The van der Waals surface area contributed by atoms with Crippen LogP contribution in [0.25, 0.3) is 0 Å². The van der Waals surface area contributed by atoms with Crippen molar-refractivity contribution in [1.29, 1.82) is 0 Å². The Bertz CT molecular complexity index is 307. The van der Waals surface area contributed by atoms with E-state index in [1.165, 1.54) is 0 Å². The highest BCUT2D eigenvalue weighted by Crippen LogP contribution is 2.10. The summed E-state index contributed by atoms with van der Waals surface area (Å²) in [6, 6.07) is 0. The molecule has 18 heavy (non-hydrogen) atoms. The fourth-order valence-corrected chi connectivity index (χ4v) is 2.30. The first-order valence-corrected chi connectivity index (χ1v) is 6.69. The van der Waals surface area contributed by atoms with Crippen LogP contribution in [0.2, 0.25) is 0 Å². The Morgan fingerprint density at radius 1 is 1.39 bits per heavy atom. The molecule has 0 radical (unpaired) electrons. The van der Waals surface area contributed by atoms with Crippen molar-refractivity contribution in [2.24, 2.45) is 10.7 Å². The van der Waals surface area contributed by atoms with E-state index in [4.69, 9.17) is 10.5 Å². The second-order valence-corrected chi connectivity index (χ2v) is 4.81. The molecule has 0 unspecified atom stereocenters. The number of nitrogens with two attached hydrogens (primary N) is 1. The molecule has 2 rings (SSSR count). The minimum absolute atomic E-state index is 0.0642. The standard InChI is InChI=1S/C12H22N4O2/c13-12(14-8-10-4-3-7-18-10)15-9-11(17)16-5-1-2-6-16/h10H,1-9H2,(H3,13,14,15)/t10-/m1/s1. The first kappa shape index (κ1) is 13.1. The quantitative estimate of drug-likeness (QED) is 0.533. The highest BCUT2D eigenvalue weighted by atomic mass is 16.5. The monoisotopic (exact) mass is 254 g/mol. The summed E-state index contributed by atoms with van der Waals surface area (Å²) < 4.78 is 5.46. The summed E-state index contributed by atoms with van der Waals surface area (Å²) >= 11 is 0. The number of guanidine groups is 1. The van der Waals surface area contributed by atoms with Gasteiger partial charge in [0.2, 0.25) is 5.91 Å². The number of aliphatic imine (C=N–C) groups is 1. The lowest BCUT2D eigenvalue weighted by Gasteiger charge is -2.14. The maximum Gasteiger partial charge on any atom is 0.244 e. The molecular weight excluding hydrogens is 232 g/mol. The maximum absolute atomic E-state index is 11.7. The number of carbonyl (C=O) groups excluding carboxylic acids is 1. The van der Waals surface area contributed by atoms with Gasteiger partial charge in [0, 0.05) is 26.2 Å². The van der Waals surface area contributed by atoms with Gasteiger partial charge in [-0.3, -0.25) is 4.79 Å². The van der Waals surface area contributed by atoms with Crippen LogP contribution in [0.5, 0.6) is 0 Å². The molecular formula is C12H22N4O2. The maximum atomic E-state index is 11.7. The van der Waals surface area contributed by atoms with Crippen LogP contribution >= 0.6 is 0 Å². The van der Waals surface area contributed by atoms with E-state index in [0.29, 0.717) is 12.5 Å². The molecule has 0 spiro atoms. The third kappa shape index (κ3) is 3.87. The lowest BCUT2D eigenvalue weighted by atomic mass is 10.2. The predicted molar refractivity (Wildman–Crippen MR) is 69.3 cm³/mol. The van der Waals surface area contributed by atoms with Crippen molar-refractivity contribution in [3.05, 3.63) is 0 Å². The van der Waals surface area contributed by atoms with Gasteiger partial charge in [0.15, 0.2) is 5.96 Å². The number of nitrogens with zero attached hydrogens (tertiary/aromatic N) is 2. The molecule has 2 aliphatic rings. The summed E-state index contributed by atoms with van der Waals surface area (Å²) in [5, 5.41) is 3.00. The van der Waals surface area contributed by atoms with E-state index >= 15 is 0 Å².